The number of amides is 1. The summed E-state index contributed by atoms with van der Waals surface area (Å²) < 4.78 is 28.0. The van der Waals surface area contributed by atoms with Gasteiger partial charge in [-0.15, -0.1) is 0 Å². The largest absolute Gasteiger partial charge is 0.308 e. The van der Waals surface area contributed by atoms with E-state index >= 15 is 0 Å². The average molecular weight is 497 g/mol. The van der Waals surface area contributed by atoms with Crippen LogP contribution in [0.2, 0.25) is 10.4 Å². The Hall–Kier alpha value is -3.09. The van der Waals surface area contributed by atoms with Gasteiger partial charge < -0.3 is 4.57 Å². The van der Waals surface area contributed by atoms with E-state index in [0.29, 0.717) is 15.5 Å². The van der Waals surface area contributed by atoms with E-state index in [-0.39, 0.29) is 33.5 Å². The van der Waals surface area contributed by atoms with Crippen molar-refractivity contribution in [2.24, 2.45) is 5.92 Å². The second kappa shape index (κ2) is 8.11. The van der Waals surface area contributed by atoms with Gasteiger partial charge in [-0.3, -0.25) is 14.9 Å². The van der Waals surface area contributed by atoms with Gasteiger partial charge in [0, 0.05) is 19.2 Å². The normalized spacial score (nSPS) is 18.2. The standard InChI is InChI=1S/C18H14Cl2N6O5S/c1-24(32(30,31)13-6-4-11(5-7-13)26(28)29)17(27)10-2-3-12(8-10)25-9-21-14-15(19)22-18(20)23-16(14)25/h2-7,9-10,12H,8H2,1H3/t10-,12+/m1/s1. The predicted octanol–water partition coefficient (Wildman–Crippen LogP) is 3.01. The van der Waals surface area contributed by atoms with E-state index in [2.05, 4.69) is 15.0 Å². The highest BCUT2D eigenvalue weighted by Crippen LogP contribution is 2.33. The molecule has 166 valence electrons. The predicted molar refractivity (Wildman–Crippen MR) is 115 cm³/mol. The highest BCUT2D eigenvalue weighted by Gasteiger charge is 2.34. The zero-order chi connectivity index (χ0) is 23.2. The number of hydrogen-bond donors (Lipinski definition) is 0. The van der Waals surface area contributed by atoms with Crippen LogP contribution in [0, 0.1) is 16.0 Å². The molecule has 1 amide bonds. The lowest BCUT2D eigenvalue weighted by Gasteiger charge is -2.21. The summed E-state index contributed by atoms with van der Waals surface area (Å²) in [4.78, 5) is 35.0. The van der Waals surface area contributed by atoms with Crippen LogP contribution >= 0.6 is 23.2 Å². The average Bonchev–Trinajstić information content (AvgIpc) is 3.39. The number of non-ortho nitro benzene ring substituents is 1. The zero-order valence-electron chi connectivity index (χ0n) is 16.3. The molecule has 1 aromatic carbocycles. The van der Waals surface area contributed by atoms with Crippen LogP contribution in [-0.2, 0) is 14.8 Å². The third kappa shape index (κ3) is 3.80. The number of halogens is 2. The van der Waals surface area contributed by atoms with Gasteiger partial charge in [-0.25, -0.2) is 22.7 Å². The molecule has 0 spiro atoms. The molecule has 0 radical (unpaired) electrons. The van der Waals surface area contributed by atoms with Crippen LogP contribution in [0.1, 0.15) is 12.5 Å². The van der Waals surface area contributed by atoms with Gasteiger partial charge in [0.15, 0.2) is 10.8 Å². The Labute approximate surface area is 191 Å². The lowest BCUT2D eigenvalue weighted by Crippen LogP contribution is -2.37. The van der Waals surface area contributed by atoms with Crippen LogP contribution in [0.25, 0.3) is 11.2 Å². The van der Waals surface area contributed by atoms with E-state index in [9.17, 15) is 23.3 Å². The van der Waals surface area contributed by atoms with Crippen molar-refractivity contribution >= 4 is 56.0 Å². The number of fused-ring (bicyclic) bond motifs is 1. The smallest absolute Gasteiger partial charge is 0.269 e. The Morgan fingerprint density at radius 2 is 1.91 bits per heavy atom. The second-order valence-corrected chi connectivity index (χ2v) is 9.63. The van der Waals surface area contributed by atoms with Gasteiger partial charge in [0.1, 0.15) is 5.52 Å². The molecule has 14 heteroatoms. The number of nitro benzene ring substituents is 1. The molecule has 2 aromatic heterocycles. The van der Waals surface area contributed by atoms with Crippen LogP contribution in [-0.4, -0.2) is 50.1 Å². The van der Waals surface area contributed by atoms with Crippen molar-refractivity contribution in [2.45, 2.75) is 17.4 Å². The van der Waals surface area contributed by atoms with Crippen molar-refractivity contribution < 1.29 is 18.1 Å². The molecule has 0 aliphatic heterocycles. The number of carbonyl (C=O) groups is 1. The summed E-state index contributed by atoms with van der Waals surface area (Å²) in [5.41, 5.74) is 0.498. The van der Waals surface area contributed by atoms with Crippen LogP contribution in [0.3, 0.4) is 0 Å². The maximum atomic E-state index is 12.9. The molecule has 11 nitrogen and oxygen atoms in total. The summed E-state index contributed by atoms with van der Waals surface area (Å²) in [6.07, 6.45) is 5.13. The number of sulfonamides is 1. The summed E-state index contributed by atoms with van der Waals surface area (Å²) in [5.74, 6) is -1.36. The Morgan fingerprint density at radius 3 is 2.56 bits per heavy atom. The minimum absolute atomic E-state index is 0.0484. The lowest BCUT2D eigenvalue weighted by molar-refractivity contribution is -0.384. The molecule has 32 heavy (non-hydrogen) atoms. The molecule has 0 saturated heterocycles. The summed E-state index contributed by atoms with van der Waals surface area (Å²) in [5, 5.41) is 10.8. The molecule has 0 unspecified atom stereocenters. The van der Waals surface area contributed by atoms with Gasteiger partial charge >= 0.3 is 0 Å². The van der Waals surface area contributed by atoms with Crippen molar-refractivity contribution in [2.75, 3.05) is 7.05 Å². The van der Waals surface area contributed by atoms with E-state index in [1.807, 2.05) is 0 Å². The number of nitro groups is 1. The number of hydrogen-bond acceptors (Lipinski definition) is 8. The van der Waals surface area contributed by atoms with Gasteiger partial charge in [-0.05, 0) is 30.2 Å². The SMILES string of the molecule is CN(C(=O)[C@@H]1C=C[C@H](n2cnc3c(Cl)nc(Cl)nc32)C1)S(=O)(=O)c1ccc([N+](=O)[O-])cc1. The van der Waals surface area contributed by atoms with Gasteiger partial charge in [0.2, 0.25) is 11.2 Å². The molecule has 4 rings (SSSR count). The second-order valence-electron chi connectivity index (χ2n) is 6.96. The van der Waals surface area contributed by atoms with Crippen LogP contribution in [0.5, 0.6) is 0 Å². The fourth-order valence-electron chi connectivity index (χ4n) is 3.42. The summed E-state index contributed by atoms with van der Waals surface area (Å²) in [7, 11) is -3.03. The van der Waals surface area contributed by atoms with Crippen LogP contribution in [0.4, 0.5) is 5.69 Å². The molecular weight excluding hydrogens is 483 g/mol. The first-order valence-electron chi connectivity index (χ1n) is 9.10. The summed E-state index contributed by atoms with van der Waals surface area (Å²) in [6.45, 7) is 0. The highest BCUT2D eigenvalue weighted by atomic mass is 35.5. The first kappa shape index (κ1) is 22.1. The van der Waals surface area contributed by atoms with Gasteiger partial charge in [0.05, 0.1) is 28.1 Å². The molecular formula is C18H14Cl2N6O5S. The van der Waals surface area contributed by atoms with Crippen molar-refractivity contribution in [3.05, 3.63) is 63.3 Å². The Kier molecular flexibility index (Phi) is 5.61. The summed E-state index contributed by atoms with van der Waals surface area (Å²) in [6, 6.07) is 3.99. The molecule has 1 aliphatic carbocycles. The van der Waals surface area contributed by atoms with E-state index in [4.69, 9.17) is 23.2 Å². The quantitative estimate of drug-likeness (QED) is 0.172. The van der Waals surface area contributed by atoms with Crippen molar-refractivity contribution in [3.8, 4) is 0 Å². The van der Waals surface area contributed by atoms with E-state index < -0.39 is 26.8 Å². The first-order valence-corrected chi connectivity index (χ1v) is 11.3. The third-order valence-electron chi connectivity index (χ3n) is 5.10. The van der Waals surface area contributed by atoms with Gasteiger partial charge in [-0.1, -0.05) is 23.8 Å². The van der Waals surface area contributed by atoms with E-state index in [1.165, 1.54) is 6.33 Å². The number of imidazole rings is 1. The number of carbonyl (C=O) groups excluding carboxylic acids is 1. The third-order valence-corrected chi connectivity index (χ3v) is 7.30. The molecule has 0 N–H and O–H groups in total. The fourth-order valence-corrected chi connectivity index (χ4v) is 5.01. The fraction of sp³-hybridized carbons (Fsp3) is 0.222. The molecule has 2 heterocycles. The number of benzene rings is 1. The molecule has 0 saturated carbocycles. The lowest BCUT2D eigenvalue weighted by atomic mass is 10.1. The molecule has 0 fully saturated rings. The Bertz CT molecular complexity index is 1370. The van der Waals surface area contributed by atoms with E-state index in [1.54, 1.807) is 16.7 Å². The van der Waals surface area contributed by atoms with Gasteiger partial charge in [-0.2, -0.15) is 4.98 Å². The zero-order valence-corrected chi connectivity index (χ0v) is 18.6. The molecule has 1 aliphatic rings. The van der Waals surface area contributed by atoms with Crippen LogP contribution in [0.15, 0.2) is 47.6 Å². The topological polar surface area (TPSA) is 141 Å². The minimum Gasteiger partial charge on any atom is -0.308 e. The number of rotatable bonds is 5. The van der Waals surface area contributed by atoms with E-state index in [0.717, 1.165) is 31.3 Å². The number of aromatic nitrogens is 4. The van der Waals surface area contributed by atoms with Crippen molar-refractivity contribution in [3.63, 3.8) is 0 Å². The maximum absolute atomic E-state index is 12.9. The molecule has 3 aromatic rings. The molecule has 0 bridgehead atoms. The van der Waals surface area contributed by atoms with Crippen LogP contribution < -0.4 is 0 Å². The van der Waals surface area contributed by atoms with Crippen molar-refractivity contribution in [1.82, 2.24) is 23.8 Å². The monoisotopic (exact) mass is 496 g/mol. The Balaban J connectivity index is 1.54. The highest BCUT2D eigenvalue weighted by molar-refractivity contribution is 7.89. The van der Waals surface area contributed by atoms with Gasteiger partial charge in [0.25, 0.3) is 15.7 Å². The maximum Gasteiger partial charge on any atom is 0.269 e. The number of allylic oxidation sites excluding steroid dienone is 1. The molecule has 2 atom stereocenters. The Morgan fingerprint density at radius 1 is 1.22 bits per heavy atom. The number of nitrogens with zero attached hydrogens (tertiary/aromatic N) is 6. The first-order chi connectivity index (χ1) is 15.1. The summed E-state index contributed by atoms with van der Waals surface area (Å²) >= 11 is 11.9. The minimum atomic E-state index is -4.18. The van der Waals surface area contributed by atoms with Crippen molar-refractivity contribution in [1.29, 1.82) is 0 Å².